The van der Waals surface area contributed by atoms with Crippen molar-refractivity contribution in [2.45, 2.75) is 25.7 Å². The minimum atomic E-state index is 0.136. The molecule has 7 nitrogen and oxygen atoms in total. The Morgan fingerprint density at radius 2 is 2.12 bits per heavy atom. The van der Waals surface area contributed by atoms with Gasteiger partial charge in [0.25, 0.3) is 0 Å². The van der Waals surface area contributed by atoms with Gasteiger partial charge in [0, 0.05) is 46.6 Å². The number of amides is 1. The number of hydrogen-bond donors (Lipinski definition) is 3. The fourth-order valence-corrected chi connectivity index (χ4v) is 3.46. The number of rotatable bonds is 5. The number of piperidine rings is 1. The third-order valence-electron chi connectivity index (χ3n) is 4.96. The lowest BCUT2D eigenvalue weighted by atomic mass is 9.93. The maximum absolute atomic E-state index is 11.5. The van der Waals surface area contributed by atoms with E-state index in [1.807, 2.05) is 31.3 Å². The largest absolute Gasteiger partial charge is 0.359 e. The quantitative estimate of drug-likeness (QED) is 0.560. The second-order valence-corrected chi connectivity index (χ2v) is 6.73. The van der Waals surface area contributed by atoms with Gasteiger partial charge >= 0.3 is 0 Å². The summed E-state index contributed by atoms with van der Waals surface area (Å²) in [6.07, 6.45) is 3.50. The standard InChI is InChI=1S/C19H28N6O/c1-20-18(26)13-14-8-11-25(12-9-14)19(21-2)22-10-7-17-23-15-5-3-4-6-16(15)24-17/h3-6,14H,7-13H2,1-2H3,(H,20,26)(H,21,22)(H,23,24). The van der Waals surface area contributed by atoms with Crippen molar-refractivity contribution < 1.29 is 4.79 Å². The molecule has 2 aromatic rings. The summed E-state index contributed by atoms with van der Waals surface area (Å²) in [7, 11) is 3.52. The van der Waals surface area contributed by atoms with Crippen molar-refractivity contribution in [1.29, 1.82) is 0 Å². The molecule has 1 fully saturated rings. The van der Waals surface area contributed by atoms with Gasteiger partial charge in [-0.1, -0.05) is 12.1 Å². The number of para-hydroxylation sites is 2. The highest BCUT2D eigenvalue weighted by Gasteiger charge is 2.22. The normalized spacial score (nSPS) is 16.1. The number of carbonyl (C=O) groups excluding carboxylic acids is 1. The lowest BCUT2D eigenvalue weighted by Crippen LogP contribution is -2.46. The van der Waals surface area contributed by atoms with Gasteiger partial charge in [0.15, 0.2) is 5.96 Å². The smallest absolute Gasteiger partial charge is 0.220 e. The molecule has 3 rings (SSSR count). The van der Waals surface area contributed by atoms with Gasteiger partial charge in [-0.25, -0.2) is 4.98 Å². The number of aromatic amines is 1. The highest BCUT2D eigenvalue weighted by atomic mass is 16.1. The third kappa shape index (κ3) is 4.53. The molecule has 3 N–H and O–H groups in total. The number of hydrogen-bond acceptors (Lipinski definition) is 3. The van der Waals surface area contributed by atoms with E-state index in [1.54, 1.807) is 7.05 Å². The van der Waals surface area contributed by atoms with Gasteiger partial charge in [0.2, 0.25) is 5.91 Å². The van der Waals surface area contributed by atoms with Crippen molar-refractivity contribution in [2.24, 2.45) is 10.9 Å². The third-order valence-corrected chi connectivity index (χ3v) is 4.96. The molecule has 1 amide bonds. The van der Waals surface area contributed by atoms with E-state index in [2.05, 4.69) is 30.5 Å². The Morgan fingerprint density at radius 1 is 1.35 bits per heavy atom. The Hall–Kier alpha value is -2.57. The summed E-state index contributed by atoms with van der Waals surface area (Å²) in [6.45, 7) is 2.66. The van der Waals surface area contributed by atoms with E-state index < -0.39 is 0 Å². The molecule has 1 aliphatic heterocycles. The summed E-state index contributed by atoms with van der Waals surface area (Å²) in [5, 5.41) is 6.15. The summed E-state index contributed by atoms with van der Waals surface area (Å²) in [4.78, 5) is 26.2. The Bertz CT molecular complexity index is 727. The van der Waals surface area contributed by atoms with E-state index >= 15 is 0 Å². The van der Waals surface area contributed by atoms with Crippen molar-refractivity contribution >= 4 is 22.9 Å². The topological polar surface area (TPSA) is 85.4 Å². The highest BCUT2D eigenvalue weighted by Crippen LogP contribution is 2.20. The first-order valence-electron chi connectivity index (χ1n) is 9.29. The summed E-state index contributed by atoms with van der Waals surface area (Å²) < 4.78 is 0. The average Bonchev–Trinajstić information content (AvgIpc) is 3.09. The van der Waals surface area contributed by atoms with Gasteiger partial charge in [0.1, 0.15) is 5.82 Å². The van der Waals surface area contributed by atoms with E-state index in [-0.39, 0.29) is 5.91 Å². The van der Waals surface area contributed by atoms with Gasteiger partial charge in [-0.3, -0.25) is 9.79 Å². The predicted octanol–water partition coefficient (Wildman–Crippen LogP) is 1.53. The number of benzene rings is 1. The van der Waals surface area contributed by atoms with E-state index in [1.165, 1.54) is 0 Å². The Labute approximate surface area is 154 Å². The van der Waals surface area contributed by atoms with Crippen LogP contribution in [0.1, 0.15) is 25.1 Å². The molecule has 0 spiro atoms. The first-order chi connectivity index (χ1) is 12.7. The van der Waals surface area contributed by atoms with Gasteiger partial charge in [-0.2, -0.15) is 0 Å². The van der Waals surface area contributed by atoms with Crippen LogP contribution in [0.15, 0.2) is 29.3 Å². The Kier molecular flexibility index (Phi) is 6.09. The number of nitrogens with one attached hydrogen (secondary N) is 3. The highest BCUT2D eigenvalue weighted by molar-refractivity contribution is 5.80. The number of aliphatic imine (C=N–C) groups is 1. The van der Waals surface area contributed by atoms with Gasteiger partial charge < -0.3 is 20.5 Å². The van der Waals surface area contributed by atoms with Crippen molar-refractivity contribution in [1.82, 2.24) is 25.5 Å². The van der Waals surface area contributed by atoms with E-state index in [0.717, 1.165) is 61.7 Å². The molecular formula is C19H28N6O. The lowest BCUT2D eigenvalue weighted by molar-refractivity contribution is -0.121. The summed E-state index contributed by atoms with van der Waals surface area (Å²) in [5.41, 5.74) is 2.08. The zero-order chi connectivity index (χ0) is 18.4. The Balaban J connectivity index is 1.45. The lowest BCUT2D eigenvalue weighted by Gasteiger charge is -2.34. The number of imidazole rings is 1. The van der Waals surface area contributed by atoms with Crippen LogP contribution in [0.4, 0.5) is 0 Å². The van der Waals surface area contributed by atoms with E-state index in [4.69, 9.17) is 0 Å². The van der Waals surface area contributed by atoms with Gasteiger partial charge in [0.05, 0.1) is 11.0 Å². The number of nitrogens with zero attached hydrogens (tertiary/aromatic N) is 3. The molecule has 0 unspecified atom stereocenters. The molecule has 7 heteroatoms. The van der Waals surface area contributed by atoms with Crippen LogP contribution < -0.4 is 10.6 Å². The maximum Gasteiger partial charge on any atom is 0.220 e. The number of fused-ring (bicyclic) bond motifs is 1. The molecule has 1 saturated heterocycles. The molecule has 140 valence electrons. The molecule has 26 heavy (non-hydrogen) atoms. The summed E-state index contributed by atoms with van der Waals surface area (Å²) in [6, 6.07) is 8.07. The summed E-state index contributed by atoms with van der Waals surface area (Å²) >= 11 is 0. The molecule has 1 aromatic carbocycles. The average molecular weight is 356 g/mol. The van der Waals surface area contributed by atoms with Crippen molar-refractivity contribution in [3.8, 4) is 0 Å². The molecular weight excluding hydrogens is 328 g/mol. The van der Waals surface area contributed by atoms with Crippen LogP contribution in [0.3, 0.4) is 0 Å². The SMILES string of the molecule is CN=C(NCCc1nc2ccccc2[nH]1)N1CCC(CC(=O)NC)CC1. The maximum atomic E-state index is 11.5. The first kappa shape index (κ1) is 18.2. The zero-order valence-corrected chi connectivity index (χ0v) is 15.6. The molecule has 2 heterocycles. The van der Waals surface area contributed by atoms with Gasteiger partial charge in [-0.15, -0.1) is 0 Å². The monoisotopic (exact) mass is 356 g/mol. The number of likely N-dealkylation sites (tertiary alicyclic amines) is 1. The molecule has 1 aliphatic rings. The number of H-pyrrole nitrogens is 1. The summed E-state index contributed by atoms with van der Waals surface area (Å²) in [5.74, 6) is 2.52. The van der Waals surface area contributed by atoms with Crippen LogP contribution in [0.2, 0.25) is 0 Å². The predicted molar refractivity (Wildman–Crippen MR) is 104 cm³/mol. The van der Waals surface area contributed by atoms with Crippen LogP contribution in [0, 0.1) is 5.92 Å². The fourth-order valence-electron chi connectivity index (χ4n) is 3.46. The second-order valence-electron chi connectivity index (χ2n) is 6.73. The minimum Gasteiger partial charge on any atom is -0.359 e. The number of aromatic nitrogens is 2. The van der Waals surface area contributed by atoms with Crippen molar-refractivity contribution in [3.05, 3.63) is 30.1 Å². The van der Waals surface area contributed by atoms with Crippen LogP contribution in [0.5, 0.6) is 0 Å². The van der Waals surface area contributed by atoms with Crippen LogP contribution in [0.25, 0.3) is 11.0 Å². The number of guanidine groups is 1. The van der Waals surface area contributed by atoms with Gasteiger partial charge in [-0.05, 0) is 30.9 Å². The zero-order valence-electron chi connectivity index (χ0n) is 15.6. The molecule has 0 atom stereocenters. The second kappa shape index (κ2) is 8.69. The van der Waals surface area contributed by atoms with Crippen LogP contribution in [-0.4, -0.2) is 60.5 Å². The molecule has 0 saturated carbocycles. The van der Waals surface area contributed by atoms with E-state index in [9.17, 15) is 4.79 Å². The Morgan fingerprint density at radius 3 is 2.81 bits per heavy atom. The first-order valence-corrected chi connectivity index (χ1v) is 9.29. The molecule has 1 aromatic heterocycles. The molecule has 0 bridgehead atoms. The number of carbonyl (C=O) groups is 1. The van der Waals surface area contributed by atoms with Crippen LogP contribution >= 0.6 is 0 Å². The van der Waals surface area contributed by atoms with E-state index in [0.29, 0.717) is 12.3 Å². The van der Waals surface area contributed by atoms with Crippen molar-refractivity contribution in [2.75, 3.05) is 33.7 Å². The molecule has 0 radical (unpaired) electrons. The fraction of sp³-hybridized carbons (Fsp3) is 0.526. The molecule has 0 aliphatic carbocycles. The van der Waals surface area contributed by atoms with Crippen LogP contribution in [-0.2, 0) is 11.2 Å². The van der Waals surface area contributed by atoms with Crippen molar-refractivity contribution in [3.63, 3.8) is 0 Å². The minimum absolute atomic E-state index is 0.136.